The number of rotatable bonds is 5. The molecule has 1 aliphatic carbocycles. The lowest BCUT2D eigenvalue weighted by Crippen LogP contribution is -2.21. The third kappa shape index (κ3) is 3.01. The van der Waals surface area contributed by atoms with E-state index in [9.17, 15) is 0 Å². The topological polar surface area (TPSA) is 25.2 Å². The fourth-order valence-corrected chi connectivity index (χ4v) is 3.12. The number of para-hydroxylation sites is 1. The predicted octanol–water partition coefficient (Wildman–Crippen LogP) is 4.66. The Balaban J connectivity index is 1.55. The van der Waals surface area contributed by atoms with Crippen LogP contribution < -0.4 is 5.32 Å². The summed E-state index contributed by atoms with van der Waals surface area (Å²) in [6.45, 7) is 3.29. The van der Waals surface area contributed by atoms with Gasteiger partial charge in [-0.2, -0.15) is 0 Å². The summed E-state index contributed by atoms with van der Waals surface area (Å²) in [5.41, 5.74) is 0.988. The molecule has 1 saturated carbocycles. The minimum absolute atomic E-state index is 0.300. The van der Waals surface area contributed by atoms with Crippen molar-refractivity contribution < 1.29 is 4.42 Å². The first-order valence-corrected chi connectivity index (χ1v) is 7.55. The van der Waals surface area contributed by atoms with Gasteiger partial charge in [-0.05, 0) is 37.9 Å². The lowest BCUT2D eigenvalue weighted by Gasteiger charge is -2.13. The number of furan rings is 1. The van der Waals surface area contributed by atoms with E-state index in [0.29, 0.717) is 6.04 Å². The van der Waals surface area contributed by atoms with Gasteiger partial charge in [0.15, 0.2) is 0 Å². The Bertz CT molecular complexity index is 492. The fraction of sp³-hybridized carbons (Fsp3) is 0.529. The molecular weight excluding hydrogens is 234 g/mol. The fourth-order valence-electron chi connectivity index (χ4n) is 3.12. The summed E-state index contributed by atoms with van der Waals surface area (Å²) in [5.74, 6) is 2.00. The number of fused-ring (bicyclic) bond motifs is 1. The summed E-state index contributed by atoms with van der Waals surface area (Å²) < 4.78 is 5.89. The normalized spacial score (nSPS) is 18.2. The summed E-state index contributed by atoms with van der Waals surface area (Å²) in [6, 6.07) is 10.7. The molecule has 0 aliphatic heterocycles. The second-order valence-corrected chi connectivity index (χ2v) is 5.80. The molecule has 2 nitrogen and oxygen atoms in total. The van der Waals surface area contributed by atoms with Crippen molar-refractivity contribution >= 4 is 11.0 Å². The van der Waals surface area contributed by atoms with E-state index in [0.717, 1.165) is 23.8 Å². The smallest absolute Gasteiger partial charge is 0.134 e. The zero-order valence-electron chi connectivity index (χ0n) is 11.7. The maximum atomic E-state index is 5.89. The van der Waals surface area contributed by atoms with Crippen molar-refractivity contribution in [3.8, 4) is 0 Å². The van der Waals surface area contributed by atoms with Gasteiger partial charge in [0.2, 0.25) is 0 Å². The Labute approximate surface area is 115 Å². The van der Waals surface area contributed by atoms with Gasteiger partial charge < -0.3 is 9.73 Å². The molecule has 19 heavy (non-hydrogen) atoms. The van der Waals surface area contributed by atoms with Crippen LogP contribution in [0.25, 0.3) is 11.0 Å². The summed E-state index contributed by atoms with van der Waals surface area (Å²) in [5, 5.41) is 4.79. The third-order valence-corrected chi connectivity index (χ3v) is 4.35. The summed E-state index contributed by atoms with van der Waals surface area (Å²) in [6.07, 6.45) is 7.04. The first-order chi connectivity index (χ1) is 9.33. The molecule has 1 aromatic carbocycles. The minimum Gasteiger partial charge on any atom is -0.459 e. The molecule has 0 bridgehead atoms. The van der Waals surface area contributed by atoms with Crippen LogP contribution in [0, 0.1) is 5.92 Å². The summed E-state index contributed by atoms with van der Waals surface area (Å²) in [7, 11) is 0. The molecule has 1 heterocycles. The van der Waals surface area contributed by atoms with E-state index in [2.05, 4.69) is 30.4 Å². The van der Waals surface area contributed by atoms with Crippen LogP contribution in [-0.2, 0) is 0 Å². The first-order valence-electron chi connectivity index (χ1n) is 7.55. The molecule has 0 spiro atoms. The monoisotopic (exact) mass is 257 g/mol. The molecule has 3 rings (SSSR count). The predicted molar refractivity (Wildman–Crippen MR) is 79.2 cm³/mol. The number of nitrogens with one attached hydrogen (secondary N) is 1. The first kappa shape index (κ1) is 12.7. The van der Waals surface area contributed by atoms with Crippen LogP contribution in [0.4, 0.5) is 0 Å². The van der Waals surface area contributed by atoms with E-state index < -0.39 is 0 Å². The number of hydrogen-bond acceptors (Lipinski definition) is 2. The molecule has 0 saturated heterocycles. The third-order valence-electron chi connectivity index (χ3n) is 4.35. The van der Waals surface area contributed by atoms with Crippen LogP contribution in [-0.4, -0.2) is 6.54 Å². The molecule has 1 N–H and O–H groups in total. The second-order valence-electron chi connectivity index (χ2n) is 5.80. The van der Waals surface area contributed by atoms with Gasteiger partial charge in [0.25, 0.3) is 0 Å². The maximum Gasteiger partial charge on any atom is 0.134 e. The van der Waals surface area contributed by atoms with Crippen molar-refractivity contribution in [3.05, 3.63) is 36.1 Å². The summed E-state index contributed by atoms with van der Waals surface area (Å²) in [4.78, 5) is 0. The molecule has 1 aromatic heterocycles. The van der Waals surface area contributed by atoms with Crippen molar-refractivity contribution in [2.45, 2.75) is 45.1 Å². The minimum atomic E-state index is 0.300. The van der Waals surface area contributed by atoms with Crippen LogP contribution >= 0.6 is 0 Å². The van der Waals surface area contributed by atoms with Gasteiger partial charge in [-0.1, -0.05) is 43.9 Å². The molecule has 1 unspecified atom stereocenters. The van der Waals surface area contributed by atoms with E-state index in [4.69, 9.17) is 4.42 Å². The average molecular weight is 257 g/mol. The van der Waals surface area contributed by atoms with Crippen molar-refractivity contribution in [1.82, 2.24) is 5.32 Å². The Hall–Kier alpha value is -1.28. The quantitative estimate of drug-likeness (QED) is 0.842. The zero-order chi connectivity index (χ0) is 13.1. The Morgan fingerprint density at radius 1 is 1.26 bits per heavy atom. The molecule has 1 atom stereocenters. The van der Waals surface area contributed by atoms with Gasteiger partial charge >= 0.3 is 0 Å². The molecule has 1 fully saturated rings. The SMILES string of the molecule is CC(NCCC1CCCC1)c1cc2ccccc2o1. The van der Waals surface area contributed by atoms with Gasteiger partial charge in [-0.3, -0.25) is 0 Å². The van der Waals surface area contributed by atoms with Crippen LogP contribution in [0.3, 0.4) is 0 Å². The molecule has 0 radical (unpaired) electrons. The van der Waals surface area contributed by atoms with Gasteiger partial charge in [0.05, 0.1) is 6.04 Å². The lowest BCUT2D eigenvalue weighted by molar-refractivity contribution is 0.416. The van der Waals surface area contributed by atoms with Gasteiger partial charge in [-0.25, -0.2) is 0 Å². The number of hydrogen-bond donors (Lipinski definition) is 1. The molecule has 2 aromatic rings. The van der Waals surface area contributed by atoms with E-state index in [1.165, 1.54) is 37.5 Å². The van der Waals surface area contributed by atoms with E-state index in [1.807, 2.05) is 12.1 Å². The van der Waals surface area contributed by atoms with E-state index in [-0.39, 0.29) is 0 Å². The van der Waals surface area contributed by atoms with Crippen LogP contribution in [0.5, 0.6) is 0 Å². The van der Waals surface area contributed by atoms with E-state index in [1.54, 1.807) is 0 Å². The highest BCUT2D eigenvalue weighted by molar-refractivity contribution is 5.77. The van der Waals surface area contributed by atoms with Gasteiger partial charge in [-0.15, -0.1) is 0 Å². The molecule has 2 heteroatoms. The van der Waals surface area contributed by atoms with Gasteiger partial charge in [0.1, 0.15) is 11.3 Å². The van der Waals surface area contributed by atoms with Crippen molar-refractivity contribution in [3.63, 3.8) is 0 Å². The Morgan fingerprint density at radius 2 is 2.05 bits per heavy atom. The van der Waals surface area contributed by atoms with Crippen LogP contribution in [0.2, 0.25) is 0 Å². The average Bonchev–Trinajstić information content (AvgIpc) is 3.07. The van der Waals surface area contributed by atoms with Crippen LogP contribution in [0.1, 0.15) is 50.8 Å². The second kappa shape index (κ2) is 5.79. The van der Waals surface area contributed by atoms with Gasteiger partial charge in [0, 0.05) is 5.39 Å². The standard InChI is InChI=1S/C17H23NO/c1-13(18-11-10-14-6-2-3-7-14)17-12-15-8-4-5-9-16(15)19-17/h4-5,8-9,12-14,18H,2-3,6-7,10-11H2,1H3. The Kier molecular flexibility index (Phi) is 3.88. The zero-order valence-corrected chi connectivity index (χ0v) is 11.7. The lowest BCUT2D eigenvalue weighted by atomic mass is 10.0. The van der Waals surface area contributed by atoms with E-state index >= 15 is 0 Å². The summed E-state index contributed by atoms with van der Waals surface area (Å²) >= 11 is 0. The maximum absolute atomic E-state index is 5.89. The molecule has 102 valence electrons. The highest BCUT2D eigenvalue weighted by Crippen LogP contribution is 2.28. The Morgan fingerprint density at radius 3 is 2.84 bits per heavy atom. The highest BCUT2D eigenvalue weighted by Gasteiger charge is 2.15. The van der Waals surface area contributed by atoms with Crippen LogP contribution in [0.15, 0.2) is 34.7 Å². The molecule has 1 aliphatic rings. The van der Waals surface area contributed by atoms with Crippen molar-refractivity contribution in [1.29, 1.82) is 0 Å². The highest BCUT2D eigenvalue weighted by atomic mass is 16.3. The van der Waals surface area contributed by atoms with Crippen molar-refractivity contribution in [2.75, 3.05) is 6.54 Å². The van der Waals surface area contributed by atoms with Crippen molar-refractivity contribution in [2.24, 2.45) is 5.92 Å². The largest absolute Gasteiger partial charge is 0.459 e. The molecule has 0 amide bonds. The number of benzene rings is 1. The molecular formula is C17H23NO.